The lowest BCUT2D eigenvalue weighted by Crippen LogP contribution is -2.31. The average Bonchev–Trinajstić information content (AvgIpc) is 2.85. The summed E-state index contributed by atoms with van der Waals surface area (Å²) >= 11 is 1.47. The number of rotatable bonds is 10. The zero-order valence-corrected chi connectivity index (χ0v) is 16.1. The summed E-state index contributed by atoms with van der Waals surface area (Å²) in [6, 6.07) is 0.410. The summed E-state index contributed by atoms with van der Waals surface area (Å²) in [7, 11) is 4.13. The number of carbonyl (C=O) groups is 1. The number of hydrogen-bond acceptors (Lipinski definition) is 5. The van der Waals surface area contributed by atoms with Crippen LogP contribution >= 0.6 is 11.8 Å². The van der Waals surface area contributed by atoms with Gasteiger partial charge in [-0.2, -0.15) is 0 Å². The van der Waals surface area contributed by atoms with Crippen molar-refractivity contribution in [1.82, 2.24) is 25.0 Å². The van der Waals surface area contributed by atoms with Crippen LogP contribution in [0, 0.1) is 0 Å². The highest BCUT2D eigenvalue weighted by Gasteiger charge is 2.22. The first kappa shape index (κ1) is 20.0. The van der Waals surface area contributed by atoms with Gasteiger partial charge in [-0.25, -0.2) is 0 Å². The summed E-state index contributed by atoms with van der Waals surface area (Å²) in [5.74, 6) is 1.41. The van der Waals surface area contributed by atoms with Crippen molar-refractivity contribution in [2.75, 3.05) is 19.8 Å². The van der Waals surface area contributed by atoms with Crippen molar-refractivity contribution in [2.24, 2.45) is 0 Å². The van der Waals surface area contributed by atoms with E-state index in [2.05, 4.69) is 52.9 Å². The molecule has 0 aliphatic heterocycles. The molecule has 1 N–H and O–H groups in total. The van der Waals surface area contributed by atoms with Gasteiger partial charge in [-0.15, -0.1) is 10.2 Å². The van der Waals surface area contributed by atoms with Gasteiger partial charge in [0.15, 0.2) is 11.0 Å². The standard InChI is InChI=1S/C16H31N5OS/c1-7-9-10-21-15(13(8-2)20(5)6)18-19-16(21)23-11-14(22)17-12(3)4/h12-13H,7-11H2,1-6H3,(H,17,22). The SMILES string of the molecule is CCCCn1c(SCC(=O)NC(C)C)nnc1C(CC)N(C)C. The van der Waals surface area contributed by atoms with E-state index in [1.807, 2.05) is 13.8 Å². The van der Waals surface area contributed by atoms with E-state index in [4.69, 9.17) is 0 Å². The molecule has 0 aliphatic carbocycles. The Labute approximate surface area is 144 Å². The van der Waals surface area contributed by atoms with E-state index in [1.54, 1.807) is 0 Å². The third kappa shape index (κ3) is 6.14. The fourth-order valence-corrected chi connectivity index (χ4v) is 3.23. The number of hydrogen-bond donors (Lipinski definition) is 1. The van der Waals surface area contributed by atoms with Crippen LogP contribution in [0.15, 0.2) is 5.16 Å². The highest BCUT2D eigenvalue weighted by Crippen LogP contribution is 2.25. The van der Waals surface area contributed by atoms with Crippen LogP contribution in [0.1, 0.15) is 58.8 Å². The Kier molecular flexibility index (Phi) is 8.62. The fourth-order valence-electron chi connectivity index (χ4n) is 2.45. The van der Waals surface area contributed by atoms with Crippen molar-refractivity contribution < 1.29 is 4.79 Å². The van der Waals surface area contributed by atoms with E-state index >= 15 is 0 Å². The molecule has 1 aromatic rings. The van der Waals surface area contributed by atoms with Crippen molar-refractivity contribution >= 4 is 17.7 Å². The Bertz CT molecular complexity index is 487. The second-order valence-corrected chi connectivity index (χ2v) is 7.19. The van der Waals surface area contributed by atoms with Crippen LogP contribution in [0.25, 0.3) is 0 Å². The molecular formula is C16H31N5OS. The second-order valence-electron chi connectivity index (χ2n) is 6.24. The molecule has 1 heterocycles. The number of thioether (sulfide) groups is 1. The van der Waals surface area contributed by atoms with E-state index in [0.717, 1.165) is 36.8 Å². The number of nitrogens with zero attached hydrogens (tertiary/aromatic N) is 4. The molecular weight excluding hydrogens is 310 g/mol. The molecule has 0 aliphatic rings. The Hall–Kier alpha value is -1.08. The summed E-state index contributed by atoms with van der Waals surface area (Å²) in [6.45, 7) is 9.17. The van der Waals surface area contributed by atoms with Crippen LogP contribution in [0.5, 0.6) is 0 Å². The first-order valence-corrected chi connectivity index (χ1v) is 9.40. The smallest absolute Gasteiger partial charge is 0.230 e. The minimum absolute atomic E-state index is 0.0382. The lowest BCUT2D eigenvalue weighted by atomic mass is 10.2. The van der Waals surface area contributed by atoms with Crippen LogP contribution in [0.2, 0.25) is 0 Å². The highest BCUT2D eigenvalue weighted by atomic mass is 32.2. The van der Waals surface area contributed by atoms with Gasteiger partial charge in [-0.3, -0.25) is 9.69 Å². The van der Waals surface area contributed by atoms with E-state index < -0.39 is 0 Å². The number of amides is 1. The van der Waals surface area contributed by atoms with Gasteiger partial charge < -0.3 is 9.88 Å². The molecule has 23 heavy (non-hydrogen) atoms. The van der Waals surface area contributed by atoms with Crippen molar-refractivity contribution in [3.63, 3.8) is 0 Å². The van der Waals surface area contributed by atoms with E-state index in [-0.39, 0.29) is 18.0 Å². The molecule has 6 nitrogen and oxygen atoms in total. The maximum atomic E-state index is 11.9. The number of nitrogens with one attached hydrogen (secondary N) is 1. The van der Waals surface area contributed by atoms with Gasteiger partial charge in [0, 0.05) is 12.6 Å². The molecule has 1 amide bonds. The summed E-state index contributed by atoms with van der Waals surface area (Å²) in [5, 5.41) is 12.5. The van der Waals surface area contributed by atoms with Gasteiger partial charge in [-0.05, 0) is 40.8 Å². The molecule has 1 unspecified atom stereocenters. The van der Waals surface area contributed by atoms with E-state index in [9.17, 15) is 4.79 Å². The monoisotopic (exact) mass is 341 g/mol. The number of carbonyl (C=O) groups excluding carboxylic acids is 1. The van der Waals surface area contributed by atoms with Crippen LogP contribution in [0.4, 0.5) is 0 Å². The molecule has 7 heteroatoms. The largest absolute Gasteiger partial charge is 0.353 e. The van der Waals surface area contributed by atoms with Gasteiger partial charge in [0.05, 0.1) is 11.8 Å². The zero-order chi connectivity index (χ0) is 17.4. The van der Waals surface area contributed by atoms with Crippen LogP contribution in [-0.4, -0.2) is 51.5 Å². The molecule has 1 rings (SSSR count). The van der Waals surface area contributed by atoms with Crippen LogP contribution in [0.3, 0.4) is 0 Å². The van der Waals surface area contributed by atoms with Crippen molar-refractivity contribution in [1.29, 1.82) is 0 Å². The summed E-state index contributed by atoms with van der Waals surface area (Å²) in [6.07, 6.45) is 3.19. The molecule has 0 bridgehead atoms. The second kappa shape index (κ2) is 9.93. The molecule has 0 aromatic carbocycles. The van der Waals surface area contributed by atoms with Gasteiger partial charge in [-0.1, -0.05) is 32.0 Å². The molecule has 1 atom stereocenters. The number of unbranched alkanes of at least 4 members (excludes halogenated alkanes) is 1. The summed E-state index contributed by atoms with van der Waals surface area (Å²) in [5.41, 5.74) is 0. The predicted octanol–water partition coefficient (Wildman–Crippen LogP) is 2.71. The zero-order valence-electron chi connectivity index (χ0n) is 15.3. The first-order valence-electron chi connectivity index (χ1n) is 8.42. The van der Waals surface area contributed by atoms with Crippen molar-refractivity contribution in [3.8, 4) is 0 Å². The Morgan fingerprint density at radius 3 is 2.52 bits per heavy atom. The fraction of sp³-hybridized carbons (Fsp3) is 0.812. The predicted molar refractivity (Wildman–Crippen MR) is 95.7 cm³/mol. The van der Waals surface area contributed by atoms with E-state index in [1.165, 1.54) is 11.8 Å². The molecule has 1 aromatic heterocycles. The van der Waals surface area contributed by atoms with Gasteiger partial charge in [0.1, 0.15) is 0 Å². The van der Waals surface area contributed by atoms with Crippen LogP contribution in [-0.2, 0) is 11.3 Å². The topological polar surface area (TPSA) is 63.1 Å². The minimum Gasteiger partial charge on any atom is -0.353 e. The molecule has 0 saturated carbocycles. The highest BCUT2D eigenvalue weighted by molar-refractivity contribution is 7.99. The van der Waals surface area contributed by atoms with Gasteiger partial charge in [0.2, 0.25) is 5.91 Å². The minimum atomic E-state index is 0.0382. The Morgan fingerprint density at radius 1 is 1.30 bits per heavy atom. The molecule has 0 fully saturated rings. The quantitative estimate of drug-likeness (QED) is 0.663. The lowest BCUT2D eigenvalue weighted by Gasteiger charge is -2.23. The van der Waals surface area contributed by atoms with Gasteiger partial charge >= 0.3 is 0 Å². The average molecular weight is 342 g/mol. The summed E-state index contributed by atoms with van der Waals surface area (Å²) < 4.78 is 2.19. The first-order chi connectivity index (χ1) is 10.9. The van der Waals surface area contributed by atoms with Crippen molar-refractivity contribution in [2.45, 2.75) is 70.7 Å². The number of aromatic nitrogens is 3. The van der Waals surface area contributed by atoms with Crippen molar-refractivity contribution in [3.05, 3.63) is 5.82 Å². The maximum Gasteiger partial charge on any atom is 0.230 e. The van der Waals surface area contributed by atoms with Gasteiger partial charge in [0.25, 0.3) is 0 Å². The Balaban J connectivity index is 2.89. The third-order valence-corrected chi connectivity index (χ3v) is 4.54. The summed E-state index contributed by atoms with van der Waals surface area (Å²) in [4.78, 5) is 14.0. The molecule has 0 saturated heterocycles. The third-order valence-electron chi connectivity index (χ3n) is 3.57. The lowest BCUT2D eigenvalue weighted by molar-refractivity contribution is -0.119. The molecule has 0 spiro atoms. The molecule has 0 radical (unpaired) electrons. The Morgan fingerprint density at radius 2 is 2.00 bits per heavy atom. The maximum absolute atomic E-state index is 11.9. The van der Waals surface area contributed by atoms with E-state index in [0.29, 0.717) is 5.75 Å². The normalized spacial score (nSPS) is 12.9. The molecule has 132 valence electrons. The van der Waals surface area contributed by atoms with Crippen LogP contribution < -0.4 is 5.32 Å².